The number of alkyl halides is 2. The Hall–Kier alpha value is -3.00. The van der Waals surface area contributed by atoms with Crippen molar-refractivity contribution in [3.8, 4) is 5.75 Å². The first-order valence-electron chi connectivity index (χ1n) is 10.2. The van der Waals surface area contributed by atoms with Gasteiger partial charge in [0.1, 0.15) is 17.4 Å². The lowest BCUT2D eigenvalue weighted by molar-refractivity contribution is -0.145. The largest absolute Gasteiger partial charge is 0.468 e. The van der Waals surface area contributed by atoms with Gasteiger partial charge in [-0.05, 0) is 44.5 Å². The van der Waals surface area contributed by atoms with Crippen LogP contribution in [0.5, 0.6) is 5.75 Å². The van der Waals surface area contributed by atoms with Crippen molar-refractivity contribution in [2.75, 3.05) is 14.2 Å². The average Bonchev–Trinajstić information content (AvgIpc) is 3.27. The van der Waals surface area contributed by atoms with Crippen LogP contribution < -0.4 is 4.74 Å². The molecule has 6 nitrogen and oxygen atoms in total. The Morgan fingerprint density at radius 1 is 1.23 bits per heavy atom. The molecule has 0 amide bonds. The summed E-state index contributed by atoms with van der Waals surface area (Å²) in [7, 11) is 3.34. The molecule has 2 aromatic heterocycles. The number of halogens is 2. The molecule has 8 heteroatoms. The van der Waals surface area contributed by atoms with Crippen molar-refractivity contribution in [1.29, 1.82) is 0 Å². The predicted octanol–water partition coefficient (Wildman–Crippen LogP) is 4.14. The Kier molecular flexibility index (Phi) is 5.91. The van der Waals surface area contributed by atoms with Gasteiger partial charge in [0, 0.05) is 29.9 Å². The van der Waals surface area contributed by atoms with Crippen LogP contribution in [0.2, 0.25) is 0 Å². The van der Waals surface area contributed by atoms with Crippen LogP contribution in [0.3, 0.4) is 0 Å². The molecule has 1 aliphatic heterocycles. The van der Waals surface area contributed by atoms with Crippen molar-refractivity contribution in [2.45, 2.75) is 44.9 Å². The molecule has 3 aromatic rings. The van der Waals surface area contributed by atoms with E-state index < -0.39 is 6.61 Å². The maximum atomic E-state index is 12.8. The van der Waals surface area contributed by atoms with Crippen LogP contribution in [0.4, 0.5) is 8.78 Å². The third kappa shape index (κ3) is 4.12. The van der Waals surface area contributed by atoms with Gasteiger partial charge in [-0.25, -0.2) is 4.98 Å². The third-order valence-corrected chi connectivity index (χ3v) is 6.04. The van der Waals surface area contributed by atoms with Gasteiger partial charge in [0.15, 0.2) is 0 Å². The number of pyridine rings is 1. The fraction of sp³-hybridized carbons (Fsp3) is 0.391. The molecule has 31 heavy (non-hydrogen) atoms. The number of esters is 1. The minimum atomic E-state index is -2.88. The molecule has 0 saturated carbocycles. The van der Waals surface area contributed by atoms with Crippen molar-refractivity contribution < 1.29 is 23.0 Å². The lowest BCUT2D eigenvalue weighted by Crippen LogP contribution is -2.35. The molecule has 2 atom stereocenters. The summed E-state index contributed by atoms with van der Waals surface area (Å²) < 4.78 is 37.2. The minimum Gasteiger partial charge on any atom is -0.468 e. The maximum absolute atomic E-state index is 12.8. The number of ether oxygens (including phenoxy) is 2. The fourth-order valence-corrected chi connectivity index (χ4v) is 4.44. The highest BCUT2D eigenvalue weighted by molar-refractivity contribution is 5.76. The zero-order valence-corrected chi connectivity index (χ0v) is 17.7. The monoisotopic (exact) mass is 429 g/mol. The standard InChI is InChI=1S/C23H25F2N3O3/c1-14-19(12-15-6-4-5-7-20(15)31-23(24)25)28-13-16(8-11-21(28)26-14)17-9-10-18(27(17)2)22(29)30-3/h4-8,11,13,17-18,23H,9-10,12H2,1-3H3/t17?,18-/m0/s1. The molecule has 164 valence electrons. The van der Waals surface area contributed by atoms with Crippen LogP contribution in [0.25, 0.3) is 5.65 Å². The zero-order chi connectivity index (χ0) is 22.1. The molecule has 0 N–H and O–H groups in total. The number of nitrogens with zero attached hydrogens (tertiary/aromatic N) is 3. The molecule has 1 aliphatic rings. The summed E-state index contributed by atoms with van der Waals surface area (Å²) in [6.07, 6.45) is 4.02. The number of aromatic nitrogens is 2. The maximum Gasteiger partial charge on any atom is 0.387 e. The smallest absolute Gasteiger partial charge is 0.387 e. The molecule has 3 heterocycles. The van der Waals surface area contributed by atoms with Crippen molar-refractivity contribution >= 4 is 11.6 Å². The van der Waals surface area contributed by atoms with Crippen molar-refractivity contribution in [3.63, 3.8) is 0 Å². The Morgan fingerprint density at radius 3 is 2.74 bits per heavy atom. The second-order valence-electron chi connectivity index (χ2n) is 7.80. The summed E-state index contributed by atoms with van der Waals surface area (Å²) >= 11 is 0. The molecule has 0 spiro atoms. The highest BCUT2D eigenvalue weighted by Gasteiger charge is 2.36. The molecule has 0 radical (unpaired) electrons. The van der Waals surface area contributed by atoms with Crippen LogP contribution in [-0.4, -0.2) is 47.1 Å². The van der Waals surface area contributed by atoms with Crippen LogP contribution >= 0.6 is 0 Å². The van der Waals surface area contributed by atoms with E-state index in [9.17, 15) is 13.6 Å². The highest BCUT2D eigenvalue weighted by atomic mass is 19.3. The van der Waals surface area contributed by atoms with Gasteiger partial charge in [0.25, 0.3) is 0 Å². The lowest BCUT2D eigenvalue weighted by Gasteiger charge is -2.24. The van der Waals surface area contributed by atoms with Gasteiger partial charge in [-0.1, -0.05) is 24.3 Å². The van der Waals surface area contributed by atoms with Crippen molar-refractivity contribution in [3.05, 3.63) is 65.1 Å². The van der Waals surface area contributed by atoms with Crippen molar-refractivity contribution in [2.24, 2.45) is 0 Å². The Balaban J connectivity index is 1.68. The molecule has 4 rings (SSSR count). The summed E-state index contributed by atoms with van der Waals surface area (Å²) in [6.45, 7) is -0.968. The molecule has 1 unspecified atom stereocenters. The average molecular weight is 429 g/mol. The van der Waals surface area contributed by atoms with Crippen LogP contribution in [0, 0.1) is 6.92 Å². The molecular weight excluding hydrogens is 404 g/mol. The van der Waals surface area contributed by atoms with Gasteiger partial charge in [-0.3, -0.25) is 9.69 Å². The molecule has 1 fully saturated rings. The highest BCUT2D eigenvalue weighted by Crippen LogP contribution is 2.35. The SMILES string of the molecule is COC(=O)[C@@H]1CCC(c2ccc3nc(C)c(Cc4ccccc4OC(F)F)n3c2)N1C. The summed E-state index contributed by atoms with van der Waals surface area (Å²) in [6, 6.07) is 10.6. The van der Waals surface area contributed by atoms with E-state index >= 15 is 0 Å². The molecule has 0 bridgehead atoms. The fourth-order valence-electron chi connectivity index (χ4n) is 4.44. The molecule has 1 saturated heterocycles. The third-order valence-electron chi connectivity index (χ3n) is 6.04. The van der Waals surface area contributed by atoms with E-state index in [0.717, 1.165) is 35.4 Å². The van der Waals surface area contributed by atoms with Crippen LogP contribution in [0.15, 0.2) is 42.6 Å². The zero-order valence-electron chi connectivity index (χ0n) is 17.7. The molecule has 0 aliphatic carbocycles. The van der Waals surface area contributed by atoms with Gasteiger partial charge in [-0.15, -0.1) is 0 Å². The number of likely N-dealkylation sites (N-methyl/N-ethyl adjacent to an activating group) is 1. The quantitative estimate of drug-likeness (QED) is 0.551. The minimum absolute atomic E-state index is 0.0820. The summed E-state index contributed by atoms with van der Waals surface area (Å²) in [5, 5.41) is 0. The van der Waals surface area contributed by atoms with E-state index in [1.807, 2.05) is 41.6 Å². The normalized spacial score (nSPS) is 19.3. The molecule has 1 aromatic carbocycles. The van der Waals surface area contributed by atoms with Gasteiger partial charge in [-0.2, -0.15) is 8.78 Å². The number of hydrogen-bond donors (Lipinski definition) is 0. The number of carbonyl (C=O) groups excluding carboxylic acids is 1. The van der Waals surface area contributed by atoms with Crippen molar-refractivity contribution in [1.82, 2.24) is 14.3 Å². The van der Waals surface area contributed by atoms with E-state index in [1.54, 1.807) is 24.3 Å². The van der Waals surface area contributed by atoms with Crippen LogP contribution in [-0.2, 0) is 16.0 Å². The topological polar surface area (TPSA) is 56.1 Å². The van der Waals surface area contributed by atoms with E-state index in [2.05, 4.69) is 4.98 Å². The van der Waals surface area contributed by atoms with E-state index in [4.69, 9.17) is 9.47 Å². The van der Waals surface area contributed by atoms with Gasteiger partial charge >= 0.3 is 12.6 Å². The predicted molar refractivity (Wildman–Crippen MR) is 111 cm³/mol. The first-order chi connectivity index (χ1) is 14.9. The second kappa shape index (κ2) is 8.63. The number of para-hydroxylation sites is 1. The van der Waals surface area contributed by atoms with E-state index in [-0.39, 0.29) is 23.8 Å². The number of likely N-dealkylation sites (tertiary alicyclic amines) is 1. The van der Waals surface area contributed by atoms with E-state index in [0.29, 0.717) is 12.0 Å². The first kappa shape index (κ1) is 21.2. The van der Waals surface area contributed by atoms with Gasteiger partial charge in [0.2, 0.25) is 0 Å². The summed E-state index contributed by atoms with van der Waals surface area (Å²) in [5.74, 6) is -0.0552. The number of carbonyl (C=O) groups is 1. The Labute approximate surface area is 179 Å². The summed E-state index contributed by atoms with van der Waals surface area (Å²) in [4.78, 5) is 18.7. The number of methoxy groups -OCH3 is 1. The van der Waals surface area contributed by atoms with E-state index in [1.165, 1.54) is 7.11 Å². The van der Waals surface area contributed by atoms with Crippen LogP contribution in [0.1, 0.15) is 41.4 Å². The number of imidazole rings is 1. The lowest BCUT2D eigenvalue weighted by atomic mass is 10.1. The second-order valence-corrected chi connectivity index (χ2v) is 7.80. The number of hydrogen-bond acceptors (Lipinski definition) is 5. The number of rotatable bonds is 6. The number of benzene rings is 1. The number of fused-ring (bicyclic) bond motifs is 1. The molecular formula is C23H25F2N3O3. The van der Waals surface area contributed by atoms with Gasteiger partial charge in [0.05, 0.1) is 12.8 Å². The Bertz CT molecular complexity index is 1100. The first-order valence-corrected chi connectivity index (χ1v) is 10.2. The number of aryl methyl sites for hydroxylation is 1. The summed E-state index contributed by atoms with van der Waals surface area (Å²) in [5.41, 5.74) is 4.26. The van der Waals surface area contributed by atoms with Gasteiger partial charge < -0.3 is 13.9 Å². The Morgan fingerprint density at radius 2 is 2.00 bits per heavy atom.